The molecule has 1 aromatic heterocycles. The van der Waals surface area contributed by atoms with E-state index in [0.717, 1.165) is 31.8 Å². The standard InChI is InChI=1S/C14H24FN3O/c1-11(10-18(2)7-4-8-19-3)14(16)13-6-5-12(15)9-17-13/h5-6,9,11,14H,4,7-8,10,16H2,1-3H3. The van der Waals surface area contributed by atoms with Crippen molar-refractivity contribution in [1.29, 1.82) is 0 Å². The number of methoxy groups -OCH3 is 1. The molecule has 2 unspecified atom stereocenters. The summed E-state index contributed by atoms with van der Waals surface area (Å²) in [6.07, 6.45) is 2.22. The molecule has 2 atom stereocenters. The molecule has 0 saturated heterocycles. The van der Waals surface area contributed by atoms with Gasteiger partial charge in [0.05, 0.1) is 17.9 Å². The highest BCUT2D eigenvalue weighted by Crippen LogP contribution is 2.18. The van der Waals surface area contributed by atoms with E-state index in [4.69, 9.17) is 10.5 Å². The second-order valence-electron chi connectivity index (χ2n) is 5.01. The molecule has 0 spiro atoms. The summed E-state index contributed by atoms with van der Waals surface area (Å²) in [4.78, 5) is 6.27. The highest BCUT2D eigenvalue weighted by Gasteiger charge is 2.17. The number of pyridine rings is 1. The highest BCUT2D eigenvalue weighted by molar-refractivity contribution is 5.10. The lowest BCUT2D eigenvalue weighted by molar-refractivity contribution is 0.173. The van der Waals surface area contributed by atoms with Gasteiger partial charge in [0.15, 0.2) is 0 Å². The largest absolute Gasteiger partial charge is 0.385 e. The second kappa shape index (κ2) is 8.19. The van der Waals surface area contributed by atoms with E-state index in [1.54, 1.807) is 13.2 Å². The third-order valence-electron chi connectivity index (χ3n) is 3.19. The average molecular weight is 269 g/mol. The third-order valence-corrected chi connectivity index (χ3v) is 3.19. The molecule has 1 rings (SSSR count). The maximum Gasteiger partial charge on any atom is 0.141 e. The van der Waals surface area contributed by atoms with Gasteiger partial charge in [-0.1, -0.05) is 6.92 Å². The van der Waals surface area contributed by atoms with Crippen molar-refractivity contribution in [2.75, 3.05) is 33.9 Å². The van der Waals surface area contributed by atoms with Gasteiger partial charge >= 0.3 is 0 Å². The Bertz CT molecular complexity index is 358. The Morgan fingerprint density at radius 2 is 2.21 bits per heavy atom. The van der Waals surface area contributed by atoms with Crippen LogP contribution in [0.25, 0.3) is 0 Å². The van der Waals surface area contributed by atoms with Crippen molar-refractivity contribution < 1.29 is 9.13 Å². The Morgan fingerprint density at radius 3 is 2.79 bits per heavy atom. The minimum atomic E-state index is -0.333. The number of rotatable bonds is 8. The monoisotopic (exact) mass is 269 g/mol. The highest BCUT2D eigenvalue weighted by atomic mass is 19.1. The van der Waals surface area contributed by atoms with Crippen molar-refractivity contribution in [1.82, 2.24) is 9.88 Å². The van der Waals surface area contributed by atoms with Gasteiger partial charge in [-0.2, -0.15) is 0 Å². The normalized spacial score (nSPS) is 14.6. The van der Waals surface area contributed by atoms with Crippen molar-refractivity contribution in [3.63, 3.8) is 0 Å². The maximum atomic E-state index is 12.8. The molecule has 5 heteroatoms. The molecule has 0 amide bonds. The second-order valence-corrected chi connectivity index (χ2v) is 5.01. The summed E-state index contributed by atoms with van der Waals surface area (Å²) in [5.74, 6) is -0.0780. The van der Waals surface area contributed by atoms with Crippen LogP contribution in [0.4, 0.5) is 4.39 Å². The van der Waals surface area contributed by atoms with E-state index in [2.05, 4.69) is 23.9 Å². The Labute approximate surface area is 114 Å². The molecule has 0 aliphatic rings. The fraction of sp³-hybridized carbons (Fsp3) is 0.643. The Kier molecular flexibility index (Phi) is 6.91. The van der Waals surface area contributed by atoms with E-state index in [-0.39, 0.29) is 17.8 Å². The quantitative estimate of drug-likeness (QED) is 0.731. The summed E-state index contributed by atoms with van der Waals surface area (Å²) in [5, 5.41) is 0. The first-order chi connectivity index (χ1) is 9.04. The molecule has 0 radical (unpaired) electrons. The van der Waals surface area contributed by atoms with Crippen LogP contribution in [0.1, 0.15) is 25.1 Å². The van der Waals surface area contributed by atoms with Crippen LogP contribution in [0.5, 0.6) is 0 Å². The van der Waals surface area contributed by atoms with E-state index in [0.29, 0.717) is 0 Å². The summed E-state index contributed by atoms with van der Waals surface area (Å²) >= 11 is 0. The summed E-state index contributed by atoms with van der Waals surface area (Å²) in [6.45, 7) is 4.71. The van der Waals surface area contributed by atoms with E-state index in [9.17, 15) is 4.39 Å². The van der Waals surface area contributed by atoms with Gasteiger partial charge in [0.1, 0.15) is 5.82 Å². The Morgan fingerprint density at radius 1 is 1.47 bits per heavy atom. The summed E-state index contributed by atoms with van der Waals surface area (Å²) in [7, 11) is 3.77. The summed E-state index contributed by atoms with van der Waals surface area (Å²) < 4.78 is 17.8. The van der Waals surface area contributed by atoms with Gasteiger partial charge in [0.25, 0.3) is 0 Å². The van der Waals surface area contributed by atoms with Crippen LogP contribution in [0, 0.1) is 11.7 Å². The van der Waals surface area contributed by atoms with Crippen LogP contribution < -0.4 is 5.73 Å². The van der Waals surface area contributed by atoms with Crippen molar-refractivity contribution >= 4 is 0 Å². The first-order valence-corrected chi connectivity index (χ1v) is 6.59. The number of hydrogen-bond acceptors (Lipinski definition) is 4. The molecule has 0 aromatic carbocycles. The van der Waals surface area contributed by atoms with Crippen LogP contribution >= 0.6 is 0 Å². The Hall–Kier alpha value is -1.04. The van der Waals surface area contributed by atoms with Gasteiger partial charge in [-0.3, -0.25) is 4.98 Å². The number of hydrogen-bond donors (Lipinski definition) is 1. The molecule has 4 nitrogen and oxygen atoms in total. The lowest BCUT2D eigenvalue weighted by atomic mass is 9.98. The van der Waals surface area contributed by atoms with Gasteiger partial charge in [-0.05, 0) is 31.5 Å². The number of nitrogens with zero attached hydrogens (tertiary/aromatic N) is 2. The summed E-state index contributed by atoms with van der Waals surface area (Å²) in [5.41, 5.74) is 6.89. The zero-order chi connectivity index (χ0) is 14.3. The minimum absolute atomic E-state index is 0.175. The molecule has 0 aliphatic carbocycles. The molecule has 0 bridgehead atoms. The van der Waals surface area contributed by atoms with Crippen molar-refractivity contribution in [3.05, 3.63) is 29.8 Å². The zero-order valence-electron chi connectivity index (χ0n) is 12.0. The van der Waals surface area contributed by atoms with E-state index in [1.807, 2.05) is 0 Å². The Balaban J connectivity index is 2.43. The third kappa shape index (κ3) is 5.63. The predicted octanol–water partition coefficient (Wildman–Crippen LogP) is 1.82. The molecule has 0 saturated carbocycles. The van der Waals surface area contributed by atoms with Crippen molar-refractivity contribution in [2.45, 2.75) is 19.4 Å². The van der Waals surface area contributed by atoms with Crippen LogP contribution in [0.3, 0.4) is 0 Å². The summed E-state index contributed by atoms with van der Waals surface area (Å²) in [6, 6.07) is 2.88. The maximum absolute atomic E-state index is 12.8. The molecular weight excluding hydrogens is 245 g/mol. The minimum Gasteiger partial charge on any atom is -0.385 e. The fourth-order valence-electron chi connectivity index (χ4n) is 2.05. The lowest BCUT2D eigenvalue weighted by Gasteiger charge is -2.25. The lowest BCUT2D eigenvalue weighted by Crippen LogP contribution is -2.32. The average Bonchev–Trinajstić information content (AvgIpc) is 2.39. The molecular formula is C14H24FN3O. The van der Waals surface area contributed by atoms with Gasteiger partial charge < -0.3 is 15.4 Å². The van der Waals surface area contributed by atoms with Gasteiger partial charge in [0.2, 0.25) is 0 Å². The van der Waals surface area contributed by atoms with E-state index < -0.39 is 0 Å². The van der Waals surface area contributed by atoms with E-state index >= 15 is 0 Å². The van der Waals surface area contributed by atoms with Crippen LogP contribution in [-0.2, 0) is 4.74 Å². The van der Waals surface area contributed by atoms with Crippen LogP contribution in [0.2, 0.25) is 0 Å². The molecule has 2 N–H and O–H groups in total. The number of ether oxygens (including phenoxy) is 1. The molecule has 1 heterocycles. The van der Waals surface area contributed by atoms with Crippen LogP contribution in [0.15, 0.2) is 18.3 Å². The molecule has 1 aromatic rings. The van der Waals surface area contributed by atoms with Crippen molar-refractivity contribution in [2.24, 2.45) is 11.7 Å². The topological polar surface area (TPSA) is 51.4 Å². The first kappa shape index (κ1) is 16.0. The van der Waals surface area contributed by atoms with Gasteiger partial charge in [-0.25, -0.2) is 4.39 Å². The van der Waals surface area contributed by atoms with E-state index in [1.165, 1.54) is 12.3 Å². The fourth-order valence-corrected chi connectivity index (χ4v) is 2.05. The molecule has 108 valence electrons. The SMILES string of the molecule is COCCCN(C)CC(C)C(N)c1ccc(F)cn1. The number of aromatic nitrogens is 1. The molecule has 0 fully saturated rings. The van der Waals surface area contributed by atoms with Gasteiger partial charge in [-0.15, -0.1) is 0 Å². The van der Waals surface area contributed by atoms with Crippen molar-refractivity contribution in [3.8, 4) is 0 Å². The molecule has 0 aliphatic heterocycles. The smallest absolute Gasteiger partial charge is 0.141 e. The molecule has 19 heavy (non-hydrogen) atoms. The number of nitrogens with two attached hydrogens (primary N) is 1. The van der Waals surface area contributed by atoms with Gasteiger partial charge in [0, 0.05) is 26.8 Å². The first-order valence-electron chi connectivity index (χ1n) is 6.59. The number of halogens is 1. The van der Waals surface area contributed by atoms with Crippen LogP contribution in [-0.4, -0.2) is 43.7 Å². The zero-order valence-corrected chi connectivity index (χ0v) is 12.0. The predicted molar refractivity (Wildman–Crippen MR) is 74.3 cm³/mol.